The van der Waals surface area contributed by atoms with Crippen molar-refractivity contribution in [3.8, 4) is 0 Å². The van der Waals surface area contributed by atoms with Crippen LogP contribution in [0.4, 0.5) is 0 Å². The molecular formula is C49H93NO7. The number of carboxylic acid groups (broad SMARTS) is 1. The van der Waals surface area contributed by atoms with Crippen LogP contribution < -0.4 is 5.11 Å². The first kappa shape index (κ1) is 55.1. The van der Waals surface area contributed by atoms with E-state index < -0.39 is 18.1 Å². The standard InChI is InChI=1S/C49H93NO7/c1-6-8-10-12-14-16-18-19-20-21-22-23-24-25-26-27-28-29-30-32-33-35-37-39-47(51)56-44-45(43-55-42-41-46(49(53)54)50(3,4)5)57-48(52)40-38-36-34-31-17-15-13-11-9-7-2/h11,13,45-46H,6-10,12,14-44H2,1-5H3/b13-11-. The van der Waals surface area contributed by atoms with Crippen LogP contribution >= 0.6 is 0 Å². The lowest BCUT2D eigenvalue weighted by molar-refractivity contribution is -0.889. The highest BCUT2D eigenvalue weighted by Gasteiger charge is 2.25. The van der Waals surface area contributed by atoms with Gasteiger partial charge in [0, 0.05) is 19.3 Å². The minimum Gasteiger partial charge on any atom is -0.544 e. The zero-order valence-corrected chi connectivity index (χ0v) is 38.3. The van der Waals surface area contributed by atoms with Gasteiger partial charge in [0.2, 0.25) is 0 Å². The van der Waals surface area contributed by atoms with Crippen LogP contribution in [0.5, 0.6) is 0 Å². The Morgan fingerprint density at radius 1 is 0.509 bits per heavy atom. The number of hydrogen-bond donors (Lipinski definition) is 0. The number of allylic oxidation sites excluding steroid dienone is 2. The van der Waals surface area contributed by atoms with Crippen LogP contribution in [0.15, 0.2) is 12.2 Å². The van der Waals surface area contributed by atoms with Crippen LogP contribution in [-0.2, 0) is 28.6 Å². The van der Waals surface area contributed by atoms with E-state index in [4.69, 9.17) is 14.2 Å². The Morgan fingerprint density at radius 3 is 1.33 bits per heavy atom. The SMILES string of the molecule is CCC/C=C\CCCCCCCC(=O)OC(COCCC(C(=O)[O-])[N+](C)(C)C)COC(=O)CCCCCCCCCCCCCCCCCCCCCCCCC. The number of hydrogen-bond acceptors (Lipinski definition) is 7. The van der Waals surface area contributed by atoms with E-state index in [0.29, 0.717) is 12.8 Å². The van der Waals surface area contributed by atoms with Gasteiger partial charge in [-0.05, 0) is 32.1 Å². The molecule has 2 atom stereocenters. The average molecular weight is 808 g/mol. The first-order valence-electron chi connectivity index (χ1n) is 24.2. The molecule has 0 heterocycles. The fourth-order valence-corrected chi connectivity index (χ4v) is 7.37. The van der Waals surface area contributed by atoms with Crippen molar-refractivity contribution in [2.45, 2.75) is 244 Å². The summed E-state index contributed by atoms with van der Waals surface area (Å²) in [5.74, 6) is -1.73. The number of carbonyl (C=O) groups is 3. The second-order valence-electron chi connectivity index (χ2n) is 17.7. The molecule has 0 bridgehead atoms. The molecule has 0 radical (unpaired) electrons. The molecule has 2 unspecified atom stereocenters. The van der Waals surface area contributed by atoms with Crippen LogP contribution in [0.1, 0.15) is 232 Å². The summed E-state index contributed by atoms with van der Waals surface area (Å²) >= 11 is 0. The van der Waals surface area contributed by atoms with Gasteiger partial charge in [0.25, 0.3) is 0 Å². The molecule has 0 amide bonds. The van der Waals surface area contributed by atoms with E-state index in [0.717, 1.165) is 57.8 Å². The highest BCUT2D eigenvalue weighted by atomic mass is 16.6. The Labute approximate surface area is 352 Å². The van der Waals surface area contributed by atoms with Crippen molar-refractivity contribution in [3.05, 3.63) is 12.2 Å². The third kappa shape index (κ3) is 39.3. The molecule has 0 fully saturated rings. The zero-order chi connectivity index (χ0) is 42.1. The molecule has 8 nitrogen and oxygen atoms in total. The summed E-state index contributed by atoms with van der Waals surface area (Å²) in [6.07, 6.45) is 44.0. The van der Waals surface area contributed by atoms with Crippen LogP contribution in [-0.4, -0.2) is 75.5 Å². The maximum absolute atomic E-state index is 12.7. The zero-order valence-electron chi connectivity index (χ0n) is 38.3. The predicted octanol–water partition coefficient (Wildman–Crippen LogP) is 12.1. The van der Waals surface area contributed by atoms with E-state index in [1.807, 2.05) is 0 Å². The van der Waals surface area contributed by atoms with Crippen LogP contribution in [0, 0.1) is 0 Å². The number of unbranched alkanes of at least 4 members (excludes halogenated alkanes) is 28. The number of likely N-dealkylation sites (N-methyl/N-ethyl adjacent to an activating group) is 1. The number of nitrogens with zero attached hydrogens (tertiary/aromatic N) is 1. The molecule has 0 rings (SSSR count). The van der Waals surface area contributed by atoms with Crippen molar-refractivity contribution in [1.82, 2.24) is 0 Å². The highest BCUT2D eigenvalue weighted by Crippen LogP contribution is 2.16. The Hall–Kier alpha value is -1.93. The highest BCUT2D eigenvalue weighted by molar-refractivity contribution is 5.70. The lowest BCUT2D eigenvalue weighted by Gasteiger charge is -2.34. The van der Waals surface area contributed by atoms with Gasteiger partial charge >= 0.3 is 11.9 Å². The molecule has 0 aromatic carbocycles. The summed E-state index contributed by atoms with van der Waals surface area (Å²) in [5, 5.41) is 11.6. The lowest BCUT2D eigenvalue weighted by atomic mass is 10.0. The molecule has 0 saturated carbocycles. The third-order valence-electron chi connectivity index (χ3n) is 11.1. The van der Waals surface area contributed by atoms with Crippen molar-refractivity contribution in [1.29, 1.82) is 0 Å². The van der Waals surface area contributed by atoms with Crippen molar-refractivity contribution in [3.63, 3.8) is 0 Å². The van der Waals surface area contributed by atoms with E-state index in [1.165, 1.54) is 141 Å². The molecule has 0 saturated heterocycles. The maximum Gasteiger partial charge on any atom is 0.306 e. The summed E-state index contributed by atoms with van der Waals surface area (Å²) < 4.78 is 17.2. The van der Waals surface area contributed by atoms with Crippen LogP contribution in [0.2, 0.25) is 0 Å². The van der Waals surface area contributed by atoms with Crippen molar-refractivity contribution < 1.29 is 38.2 Å². The Morgan fingerprint density at radius 2 is 0.912 bits per heavy atom. The Bertz CT molecular complexity index is 947. The summed E-state index contributed by atoms with van der Waals surface area (Å²) in [6.45, 7) is 4.62. The molecule has 0 N–H and O–H groups in total. The Kier molecular flexibility index (Phi) is 39.4. The molecule has 0 aliphatic rings. The monoisotopic (exact) mass is 808 g/mol. The van der Waals surface area contributed by atoms with E-state index in [2.05, 4.69) is 26.0 Å². The number of rotatable bonds is 44. The molecule has 0 aromatic rings. The van der Waals surface area contributed by atoms with E-state index in [9.17, 15) is 19.5 Å². The van der Waals surface area contributed by atoms with Crippen LogP contribution in [0.3, 0.4) is 0 Å². The van der Waals surface area contributed by atoms with Gasteiger partial charge < -0.3 is 28.6 Å². The molecule has 0 aromatic heterocycles. The molecule has 0 spiro atoms. The number of carbonyl (C=O) groups excluding carboxylic acids is 3. The number of aliphatic carboxylic acids is 1. The van der Waals surface area contributed by atoms with Gasteiger partial charge in [-0.1, -0.05) is 193 Å². The predicted molar refractivity (Wildman–Crippen MR) is 236 cm³/mol. The topological polar surface area (TPSA) is 102 Å². The van der Waals surface area contributed by atoms with Crippen molar-refractivity contribution >= 4 is 17.9 Å². The largest absolute Gasteiger partial charge is 0.544 e. The van der Waals surface area contributed by atoms with Gasteiger partial charge in [-0.25, -0.2) is 0 Å². The molecule has 8 heteroatoms. The summed E-state index contributed by atoms with van der Waals surface area (Å²) in [4.78, 5) is 36.8. The quantitative estimate of drug-likeness (QED) is 0.0261. The van der Waals surface area contributed by atoms with Gasteiger partial charge in [-0.2, -0.15) is 0 Å². The number of ether oxygens (including phenoxy) is 3. The second kappa shape index (κ2) is 40.8. The number of carboxylic acids is 1. The lowest BCUT2D eigenvalue weighted by Crippen LogP contribution is -2.55. The van der Waals surface area contributed by atoms with E-state index in [1.54, 1.807) is 21.1 Å². The Balaban J connectivity index is 4.09. The van der Waals surface area contributed by atoms with E-state index >= 15 is 0 Å². The first-order valence-corrected chi connectivity index (χ1v) is 24.2. The van der Waals surface area contributed by atoms with Gasteiger partial charge in [0.1, 0.15) is 12.6 Å². The van der Waals surface area contributed by atoms with Gasteiger partial charge in [-0.15, -0.1) is 0 Å². The number of esters is 2. The first-order chi connectivity index (χ1) is 27.6. The van der Waals surface area contributed by atoms with Crippen molar-refractivity contribution in [2.75, 3.05) is 41.0 Å². The molecular weight excluding hydrogens is 715 g/mol. The molecule has 336 valence electrons. The minimum atomic E-state index is -1.12. The minimum absolute atomic E-state index is 0.0426. The van der Waals surface area contributed by atoms with Crippen LogP contribution in [0.25, 0.3) is 0 Å². The summed E-state index contributed by atoms with van der Waals surface area (Å²) in [5.41, 5.74) is 0. The van der Waals surface area contributed by atoms with Crippen molar-refractivity contribution in [2.24, 2.45) is 0 Å². The third-order valence-corrected chi connectivity index (χ3v) is 11.1. The second-order valence-corrected chi connectivity index (χ2v) is 17.7. The smallest absolute Gasteiger partial charge is 0.306 e. The fraction of sp³-hybridized carbons (Fsp3) is 0.898. The molecule has 0 aliphatic heterocycles. The van der Waals surface area contributed by atoms with Gasteiger partial charge in [-0.3, -0.25) is 9.59 Å². The van der Waals surface area contributed by atoms with E-state index in [-0.39, 0.29) is 42.7 Å². The summed E-state index contributed by atoms with van der Waals surface area (Å²) in [6, 6.07) is -0.722. The summed E-state index contributed by atoms with van der Waals surface area (Å²) in [7, 11) is 5.41. The number of quaternary nitrogens is 1. The van der Waals surface area contributed by atoms with Gasteiger partial charge in [0.05, 0.1) is 40.3 Å². The fourth-order valence-electron chi connectivity index (χ4n) is 7.37. The van der Waals surface area contributed by atoms with Gasteiger partial charge in [0.15, 0.2) is 6.10 Å². The molecule has 57 heavy (non-hydrogen) atoms. The average Bonchev–Trinajstić information content (AvgIpc) is 3.17. The normalized spacial score (nSPS) is 12.9. The molecule has 0 aliphatic carbocycles. The maximum atomic E-state index is 12.7.